The molecule has 12 heavy (non-hydrogen) atoms. The van der Waals surface area contributed by atoms with E-state index >= 15 is 0 Å². The third-order valence-corrected chi connectivity index (χ3v) is 3.32. The second-order valence-electron chi connectivity index (χ2n) is 4.15. The smallest absolute Gasteiger partial charge is 0.120 e. The van der Waals surface area contributed by atoms with Gasteiger partial charge in [0.2, 0.25) is 0 Å². The fourth-order valence-corrected chi connectivity index (χ4v) is 2.10. The van der Waals surface area contributed by atoms with Crippen LogP contribution in [-0.4, -0.2) is 46.8 Å². The van der Waals surface area contributed by atoms with Crippen molar-refractivity contribution in [2.24, 2.45) is 0 Å². The normalized spacial score (nSPS) is 62.5. The molecule has 68 valence electrons. The van der Waals surface area contributed by atoms with Crippen LogP contribution in [0.4, 0.5) is 0 Å². The summed E-state index contributed by atoms with van der Waals surface area (Å²) in [6.07, 6.45) is 0.134. The Morgan fingerprint density at radius 1 is 0.917 bits per heavy atom. The second-order valence-corrected chi connectivity index (χ2v) is 4.15. The van der Waals surface area contributed by atoms with Crippen LogP contribution in [0.2, 0.25) is 0 Å². The topological polar surface area (TPSA) is 65.5 Å². The SMILES string of the molecule is OC1CC2(CO2)C(O)CC12CO2. The first-order chi connectivity index (χ1) is 5.67. The van der Waals surface area contributed by atoms with Crippen LogP contribution in [0.15, 0.2) is 0 Å². The van der Waals surface area contributed by atoms with Crippen molar-refractivity contribution in [3.05, 3.63) is 0 Å². The van der Waals surface area contributed by atoms with Gasteiger partial charge in [-0.3, -0.25) is 0 Å². The maximum absolute atomic E-state index is 9.68. The summed E-state index contributed by atoms with van der Waals surface area (Å²) in [5.41, 5.74) is -0.840. The van der Waals surface area contributed by atoms with E-state index in [9.17, 15) is 10.2 Å². The first-order valence-electron chi connectivity index (χ1n) is 4.31. The summed E-state index contributed by atoms with van der Waals surface area (Å²) >= 11 is 0. The van der Waals surface area contributed by atoms with Crippen LogP contribution in [0.25, 0.3) is 0 Å². The van der Waals surface area contributed by atoms with E-state index < -0.39 is 23.4 Å². The molecule has 0 bridgehead atoms. The van der Waals surface area contributed by atoms with Crippen LogP contribution in [0.5, 0.6) is 0 Å². The van der Waals surface area contributed by atoms with Gasteiger partial charge in [0, 0.05) is 12.8 Å². The van der Waals surface area contributed by atoms with E-state index in [2.05, 4.69) is 0 Å². The van der Waals surface area contributed by atoms with E-state index in [1.807, 2.05) is 0 Å². The minimum Gasteiger partial charge on any atom is -0.390 e. The number of hydrogen-bond acceptors (Lipinski definition) is 4. The van der Waals surface area contributed by atoms with Gasteiger partial charge in [-0.15, -0.1) is 0 Å². The molecule has 2 spiro atoms. The van der Waals surface area contributed by atoms with Crippen molar-refractivity contribution in [2.75, 3.05) is 13.2 Å². The lowest BCUT2D eigenvalue weighted by Crippen LogP contribution is -2.49. The highest BCUT2D eigenvalue weighted by Gasteiger charge is 2.66. The number of hydrogen-bond donors (Lipinski definition) is 2. The molecule has 2 heterocycles. The van der Waals surface area contributed by atoms with E-state index in [1.165, 1.54) is 0 Å². The zero-order valence-electron chi connectivity index (χ0n) is 6.69. The van der Waals surface area contributed by atoms with Crippen LogP contribution in [0, 0.1) is 0 Å². The lowest BCUT2D eigenvalue weighted by Gasteiger charge is -2.33. The Bertz CT molecular complexity index is 195. The first kappa shape index (κ1) is 7.26. The van der Waals surface area contributed by atoms with Gasteiger partial charge >= 0.3 is 0 Å². The summed E-state index contributed by atoms with van der Waals surface area (Å²) in [6.45, 7) is 1.17. The highest BCUT2D eigenvalue weighted by molar-refractivity contribution is 5.15. The molecule has 1 saturated carbocycles. The van der Waals surface area contributed by atoms with Crippen molar-refractivity contribution in [1.29, 1.82) is 0 Å². The number of ether oxygens (including phenoxy) is 2. The molecule has 0 radical (unpaired) electrons. The summed E-state index contributed by atoms with van der Waals surface area (Å²) < 4.78 is 10.4. The average Bonchev–Trinajstić information content (AvgIpc) is 2.82. The summed E-state index contributed by atoms with van der Waals surface area (Å²) in [4.78, 5) is 0. The Hall–Kier alpha value is -0.160. The predicted octanol–water partition coefficient (Wildman–Crippen LogP) is -0.960. The van der Waals surface area contributed by atoms with E-state index in [-0.39, 0.29) is 0 Å². The van der Waals surface area contributed by atoms with Gasteiger partial charge in [0.05, 0.1) is 25.4 Å². The molecule has 1 aliphatic carbocycles. The molecule has 0 amide bonds. The summed E-state index contributed by atoms with van der Waals surface area (Å²) in [5, 5.41) is 19.4. The fourth-order valence-electron chi connectivity index (χ4n) is 2.10. The van der Waals surface area contributed by atoms with E-state index in [0.717, 1.165) is 0 Å². The van der Waals surface area contributed by atoms with Crippen LogP contribution < -0.4 is 0 Å². The third-order valence-electron chi connectivity index (χ3n) is 3.32. The van der Waals surface area contributed by atoms with E-state index in [1.54, 1.807) is 0 Å². The maximum Gasteiger partial charge on any atom is 0.120 e. The van der Waals surface area contributed by atoms with Gasteiger partial charge < -0.3 is 19.7 Å². The molecule has 3 fully saturated rings. The van der Waals surface area contributed by atoms with Crippen molar-refractivity contribution < 1.29 is 19.7 Å². The average molecular weight is 172 g/mol. The summed E-state index contributed by atoms with van der Waals surface area (Å²) in [7, 11) is 0. The highest BCUT2D eigenvalue weighted by atomic mass is 16.6. The lowest BCUT2D eigenvalue weighted by atomic mass is 9.78. The van der Waals surface area contributed by atoms with Crippen molar-refractivity contribution >= 4 is 0 Å². The molecule has 4 atom stereocenters. The molecular weight excluding hydrogens is 160 g/mol. The fraction of sp³-hybridized carbons (Fsp3) is 1.00. The number of aliphatic hydroxyl groups is 2. The largest absolute Gasteiger partial charge is 0.390 e. The quantitative estimate of drug-likeness (QED) is 0.462. The molecule has 4 heteroatoms. The van der Waals surface area contributed by atoms with Gasteiger partial charge in [0.25, 0.3) is 0 Å². The number of epoxide rings is 2. The zero-order chi connectivity index (χ0) is 8.40. The molecular formula is C8H12O4. The van der Waals surface area contributed by atoms with Gasteiger partial charge in [-0.1, -0.05) is 0 Å². The standard InChI is InChI=1S/C8H12O4/c9-5-1-7(3-11-7)6(10)2-8(5)4-12-8/h5-6,9-10H,1-4H2. The molecule has 3 rings (SSSR count). The van der Waals surface area contributed by atoms with Gasteiger partial charge in [0.1, 0.15) is 11.2 Å². The first-order valence-corrected chi connectivity index (χ1v) is 4.31. The van der Waals surface area contributed by atoms with Gasteiger partial charge in [0.15, 0.2) is 0 Å². The molecule has 4 nitrogen and oxygen atoms in total. The Labute approximate surface area is 70.1 Å². The highest BCUT2D eigenvalue weighted by Crippen LogP contribution is 2.51. The number of rotatable bonds is 0. The minimum absolute atomic E-state index is 0.420. The Morgan fingerprint density at radius 2 is 1.25 bits per heavy atom. The minimum atomic E-state index is -0.455. The molecule has 2 N–H and O–H groups in total. The molecule has 2 saturated heterocycles. The van der Waals surface area contributed by atoms with Gasteiger partial charge in [-0.05, 0) is 0 Å². The molecule has 4 unspecified atom stereocenters. The lowest BCUT2D eigenvalue weighted by molar-refractivity contribution is -0.0597. The molecule has 3 aliphatic rings. The molecule has 2 aliphatic heterocycles. The Balaban J connectivity index is 1.83. The number of aliphatic hydroxyl groups excluding tert-OH is 2. The maximum atomic E-state index is 9.68. The van der Waals surface area contributed by atoms with Crippen LogP contribution in [0.3, 0.4) is 0 Å². The van der Waals surface area contributed by atoms with Gasteiger partial charge in [-0.2, -0.15) is 0 Å². The molecule has 0 aromatic rings. The van der Waals surface area contributed by atoms with E-state index in [0.29, 0.717) is 26.1 Å². The Morgan fingerprint density at radius 3 is 1.50 bits per heavy atom. The molecule has 0 aromatic heterocycles. The Kier molecular flexibility index (Phi) is 1.12. The third kappa shape index (κ3) is 0.758. The monoisotopic (exact) mass is 172 g/mol. The molecule has 0 aromatic carbocycles. The van der Waals surface area contributed by atoms with Crippen LogP contribution in [0.1, 0.15) is 12.8 Å². The van der Waals surface area contributed by atoms with Crippen molar-refractivity contribution in [3.63, 3.8) is 0 Å². The zero-order valence-corrected chi connectivity index (χ0v) is 6.69. The predicted molar refractivity (Wildman–Crippen MR) is 38.6 cm³/mol. The van der Waals surface area contributed by atoms with Crippen LogP contribution in [-0.2, 0) is 9.47 Å². The van der Waals surface area contributed by atoms with Crippen LogP contribution >= 0.6 is 0 Å². The van der Waals surface area contributed by atoms with Gasteiger partial charge in [-0.25, -0.2) is 0 Å². The van der Waals surface area contributed by atoms with Crippen molar-refractivity contribution in [1.82, 2.24) is 0 Å². The van der Waals surface area contributed by atoms with Crippen molar-refractivity contribution in [2.45, 2.75) is 36.3 Å². The summed E-state index contributed by atoms with van der Waals surface area (Å²) in [6, 6.07) is 0. The van der Waals surface area contributed by atoms with Crippen molar-refractivity contribution in [3.8, 4) is 0 Å². The second kappa shape index (κ2) is 1.85. The van der Waals surface area contributed by atoms with E-state index in [4.69, 9.17) is 9.47 Å². The summed E-state index contributed by atoms with van der Waals surface area (Å²) in [5.74, 6) is 0.